The number of fused-ring (bicyclic) bond motifs is 1. The third-order valence-corrected chi connectivity index (χ3v) is 3.69. The first kappa shape index (κ1) is 13.4. The van der Waals surface area contributed by atoms with E-state index >= 15 is 0 Å². The lowest BCUT2D eigenvalue weighted by Gasteiger charge is -2.16. The van der Waals surface area contributed by atoms with Crippen molar-refractivity contribution in [3.8, 4) is 11.8 Å². The molecule has 1 unspecified atom stereocenters. The fourth-order valence-corrected chi connectivity index (χ4v) is 2.75. The molecule has 1 atom stereocenters. The van der Waals surface area contributed by atoms with Crippen LogP contribution in [-0.4, -0.2) is 6.61 Å². The molecule has 0 amide bonds. The summed E-state index contributed by atoms with van der Waals surface area (Å²) >= 11 is 0. The van der Waals surface area contributed by atoms with E-state index in [0.29, 0.717) is 5.75 Å². The number of hydrogen-bond donors (Lipinski definition) is 1. The number of nitriles is 1. The van der Waals surface area contributed by atoms with Gasteiger partial charge in [-0.25, -0.2) is 4.39 Å². The second-order valence-electron chi connectivity index (χ2n) is 5.02. The summed E-state index contributed by atoms with van der Waals surface area (Å²) in [6.45, 7) is 0.0287. The molecule has 0 spiro atoms. The zero-order valence-corrected chi connectivity index (χ0v) is 11.5. The van der Waals surface area contributed by atoms with E-state index < -0.39 is 0 Å². The average Bonchev–Trinajstić information content (AvgIpc) is 2.90. The van der Waals surface area contributed by atoms with Crippen molar-refractivity contribution >= 4 is 5.69 Å². The lowest BCUT2D eigenvalue weighted by atomic mass is 10.1. The number of hydrogen-bond acceptors (Lipinski definition) is 3. The van der Waals surface area contributed by atoms with Crippen molar-refractivity contribution in [3.05, 3.63) is 59.4 Å². The summed E-state index contributed by atoms with van der Waals surface area (Å²) in [4.78, 5) is 0. The Bertz CT molecular complexity index is 693. The molecule has 2 aromatic rings. The van der Waals surface area contributed by atoms with E-state index in [-0.39, 0.29) is 18.5 Å². The van der Waals surface area contributed by atoms with Crippen molar-refractivity contribution in [1.29, 1.82) is 5.26 Å². The molecule has 4 heteroatoms. The van der Waals surface area contributed by atoms with Crippen molar-refractivity contribution in [2.45, 2.75) is 18.9 Å². The molecule has 0 saturated heterocycles. The predicted molar refractivity (Wildman–Crippen MR) is 78.6 cm³/mol. The molecule has 0 aromatic heterocycles. The van der Waals surface area contributed by atoms with Crippen molar-refractivity contribution in [1.82, 2.24) is 0 Å². The van der Waals surface area contributed by atoms with Crippen LogP contribution in [0.4, 0.5) is 10.1 Å². The number of halogens is 1. The molecule has 3 nitrogen and oxygen atoms in total. The van der Waals surface area contributed by atoms with Crippen molar-refractivity contribution in [2.75, 3.05) is 11.9 Å². The molecule has 0 heterocycles. The zero-order chi connectivity index (χ0) is 14.7. The number of rotatable bonds is 4. The molecule has 0 aliphatic heterocycles. The molecule has 106 valence electrons. The fraction of sp³-hybridized carbons (Fsp3) is 0.235. The van der Waals surface area contributed by atoms with Gasteiger partial charge in [0.15, 0.2) is 6.61 Å². The number of nitrogens with zero attached hydrogens (tertiary/aromatic N) is 1. The molecular weight excluding hydrogens is 267 g/mol. The molecule has 1 N–H and O–H groups in total. The summed E-state index contributed by atoms with van der Waals surface area (Å²) in [5.74, 6) is 0.530. The Hall–Kier alpha value is -2.54. The van der Waals surface area contributed by atoms with E-state index in [0.717, 1.165) is 29.7 Å². The summed E-state index contributed by atoms with van der Waals surface area (Å²) in [5.41, 5.74) is 2.75. The normalized spacial score (nSPS) is 16.1. The van der Waals surface area contributed by atoms with Crippen LogP contribution in [0.2, 0.25) is 0 Å². The van der Waals surface area contributed by atoms with E-state index in [2.05, 4.69) is 5.32 Å². The first-order chi connectivity index (χ1) is 10.3. The fourth-order valence-electron chi connectivity index (χ4n) is 2.75. The third kappa shape index (κ3) is 2.82. The van der Waals surface area contributed by atoms with E-state index in [1.807, 2.05) is 36.4 Å². The van der Waals surface area contributed by atoms with Gasteiger partial charge in [0.1, 0.15) is 17.6 Å². The molecule has 0 saturated carbocycles. The van der Waals surface area contributed by atoms with Gasteiger partial charge in [0.25, 0.3) is 0 Å². The Kier molecular flexibility index (Phi) is 3.74. The summed E-state index contributed by atoms with van der Waals surface area (Å²) in [5, 5.41) is 11.9. The summed E-state index contributed by atoms with van der Waals surface area (Å²) in [6.07, 6.45) is 1.63. The smallest absolute Gasteiger partial charge is 0.174 e. The Morgan fingerprint density at radius 2 is 2.14 bits per heavy atom. The van der Waals surface area contributed by atoms with Gasteiger partial charge in [-0.15, -0.1) is 0 Å². The maximum atomic E-state index is 13.7. The Morgan fingerprint density at radius 3 is 3.00 bits per heavy atom. The van der Waals surface area contributed by atoms with Crippen LogP contribution in [0.1, 0.15) is 23.6 Å². The number of benzene rings is 2. The van der Waals surface area contributed by atoms with Crippen molar-refractivity contribution in [3.63, 3.8) is 0 Å². The highest BCUT2D eigenvalue weighted by Gasteiger charge is 2.24. The first-order valence-corrected chi connectivity index (χ1v) is 6.91. The topological polar surface area (TPSA) is 45.0 Å². The van der Waals surface area contributed by atoms with Crippen LogP contribution in [0.25, 0.3) is 0 Å². The van der Waals surface area contributed by atoms with Gasteiger partial charge in [0.2, 0.25) is 0 Å². The van der Waals surface area contributed by atoms with Gasteiger partial charge in [0.05, 0.1) is 6.04 Å². The zero-order valence-electron chi connectivity index (χ0n) is 11.5. The minimum Gasteiger partial charge on any atom is -0.479 e. The molecule has 21 heavy (non-hydrogen) atoms. The third-order valence-electron chi connectivity index (χ3n) is 3.69. The van der Waals surface area contributed by atoms with Crippen molar-refractivity contribution < 1.29 is 9.13 Å². The quantitative estimate of drug-likeness (QED) is 0.927. The summed E-state index contributed by atoms with van der Waals surface area (Å²) < 4.78 is 19.0. The number of ether oxygens (including phenoxy) is 1. The van der Waals surface area contributed by atoms with E-state index in [1.165, 1.54) is 6.07 Å². The van der Waals surface area contributed by atoms with Gasteiger partial charge in [-0.05, 0) is 42.2 Å². The van der Waals surface area contributed by atoms with Crippen LogP contribution < -0.4 is 10.1 Å². The number of anilines is 1. The summed E-state index contributed by atoms with van der Waals surface area (Å²) in [6, 6.07) is 14.8. The van der Waals surface area contributed by atoms with Crippen LogP contribution in [0, 0.1) is 17.1 Å². The molecule has 1 aliphatic rings. The molecule has 2 aromatic carbocycles. The van der Waals surface area contributed by atoms with Crippen LogP contribution >= 0.6 is 0 Å². The van der Waals surface area contributed by atoms with Crippen molar-refractivity contribution in [2.24, 2.45) is 0 Å². The van der Waals surface area contributed by atoms with Gasteiger partial charge in [0, 0.05) is 11.8 Å². The molecule has 0 radical (unpaired) electrons. The highest BCUT2D eigenvalue weighted by Crippen LogP contribution is 2.35. The second kappa shape index (κ2) is 5.84. The Labute approximate surface area is 123 Å². The van der Waals surface area contributed by atoms with E-state index in [4.69, 9.17) is 10.00 Å². The van der Waals surface area contributed by atoms with Crippen LogP contribution in [-0.2, 0) is 6.42 Å². The maximum Gasteiger partial charge on any atom is 0.174 e. The van der Waals surface area contributed by atoms with E-state index in [1.54, 1.807) is 6.07 Å². The lowest BCUT2D eigenvalue weighted by molar-refractivity contribution is 0.368. The number of nitrogens with one attached hydrogen (secondary N) is 1. The van der Waals surface area contributed by atoms with Gasteiger partial charge in [-0.2, -0.15) is 5.26 Å². The van der Waals surface area contributed by atoms with Gasteiger partial charge in [-0.3, -0.25) is 0 Å². The van der Waals surface area contributed by atoms with Gasteiger partial charge >= 0.3 is 0 Å². The maximum absolute atomic E-state index is 13.7. The second-order valence-corrected chi connectivity index (χ2v) is 5.02. The van der Waals surface area contributed by atoms with Crippen LogP contribution in [0.15, 0.2) is 42.5 Å². The minimum absolute atomic E-state index is 0.0287. The first-order valence-electron chi connectivity index (χ1n) is 6.91. The SMILES string of the molecule is N#CCOc1cccc(NC2CCc3c(F)cccc32)c1. The predicted octanol–water partition coefficient (Wildman–Crippen LogP) is 3.83. The monoisotopic (exact) mass is 282 g/mol. The molecule has 3 rings (SSSR count). The Morgan fingerprint density at radius 1 is 1.29 bits per heavy atom. The minimum atomic E-state index is -0.122. The largest absolute Gasteiger partial charge is 0.479 e. The molecular formula is C17H15FN2O. The summed E-state index contributed by atoms with van der Waals surface area (Å²) in [7, 11) is 0. The van der Waals surface area contributed by atoms with Gasteiger partial charge in [-0.1, -0.05) is 18.2 Å². The Balaban J connectivity index is 1.77. The lowest BCUT2D eigenvalue weighted by Crippen LogP contribution is -2.07. The highest BCUT2D eigenvalue weighted by atomic mass is 19.1. The van der Waals surface area contributed by atoms with E-state index in [9.17, 15) is 4.39 Å². The van der Waals surface area contributed by atoms with Crippen LogP contribution in [0.3, 0.4) is 0 Å². The highest BCUT2D eigenvalue weighted by molar-refractivity contribution is 5.51. The van der Waals surface area contributed by atoms with Gasteiger partial charge < -0.3 is 10.1 Å². The molecule has 0 fully saturated rings. The van der Waals surface area contributed by atoms with Crippen LogP contribution in [0.5, 0.6) is 5.75 Å². The molecule has 1 aliphatic carbocycles. The molecule has 0 bridgehead atoms. The average molecular weight is 282 g/mol. The standard InChI is InChI=1S/C17H15FN2O/c18-16-6-2-5-15-14(16)7-8-17(15)20-12-3-1-4-13(11-12)21-10-9-19/h1-6,11,17,20H,7-8,10H2.